The minimum Gasteiger partial charge on any atom is -0.379 e. The Morgan fingerprint density at radius 2 is 2.08 bits per heavy atom. The predicted octanol–water partition coefficient (Wildman–Crippen LogP) is 2.67. The fourth-order valence-electron chi connectivity index (χ4n) is 4.53. The van der Waals surface area contributed by atoms with E-state index in [0.717, 1.165) is 58.8 Å². The summed E-state index contributed by atoms with van der Waals surface area (Å²) >= 11 is 0. The summed E-state index contributed by atoms with van der Waals surface area (Å²) in [6.45, 7) is 8.96. The van der Waals surface area contributed by atoms with E-state index in [9.17, 15) is 4.79 Å². The van der Waals surface area contributed by atoms with E-state index in [1.54, 1.807) is 0 Å². The van der Waals surface area contributed by atoms with Gasteiger partial charge in [0.1, 0.15) is 0 Å². The molecule has 0 bridgehead atoms. The number of carbonyl (C=O) groups excluding carboxylic acids is 1. The monoisotopic (exact) mass is 342 g/mol. The van der Waals surface area contributed by atoms with E-state index in [4.69, 9.17) is 4.74 Å². The molecule has 4 rings (SSSR count). The van der Waals surface area contributed by atoms with E-state index < -0.39 is 0 Å². The summed E-state index contributed by atoms with van der Waals surface area (Å²) in [6, 6.07) is 8.67. The molecule has 1 saturated carbocycles. The van der Waals surface area contributed by atoms with Gasteiger partial charge in [-0.1, -0.05) is 29.8 Å². The molecule has 1 aromatic carbocycles. The van der Waals surface area contributed by atoms with E-state index in [1.807, 2.05) is 0 Å². The fraction of sp³-hybridized carbons (Fsp3) is 0.667. The first kappa shape index (κ1) is 17.0. The third kappa shape index (κ3) is 4.06. The molecular formula is C21H30N2O2. The number of aryl methyl sites for hydroxylation is 1. The van der Waals surface area contributed by atoms with Crippen molar-refractivity contribution in [3.8, 4) is 0 Å². The molecule has 0 aromatic heterocycles. The first-order chi connectivity index (χ1) is 12.2. The second-order valence-electron chi connectivity index (χ2n) is 8.07. The number of benzene rings is 1. The summed E-state index contributed by atoms with van der Waals surface area (Å²) in [5.41, 5.74) is 2.64. The van der Waals surface area contributed by atoms with Gasteiger partial charge in [0.2, 0.25) is 5.91 Å². The molecule has 3 atom stereocenters. The van der Waals surface area contributed by atoms with Gasteiger partial charge in [-0.15, -0.1) is 0 Å². The second kappa shape index (κ2) is 7.46. The second-order valence-corrected chi connectivity index (χ2v) is 8.07. The largest absolute Gasteiger partial charge is 0.379 e. The highest BCUT2D eigenvalue weighted by Crippen LogP contribution is 2.48. The number of hydrogen-bond donors (Lipinski definition) is 0. The summed E-state index contributed by atoms with van der Waals surface area (Å²) < 4.78 is 5.44. The predicted molar refractivity (Wildman–Crippen MR) is 98.6 cm³/mol. The quantitative estimate of drug-likeness (QED) is 0.843. The van der Waals surface area contributed by atoms with E-state index in [2.05, 4.69) is 41.0 Å². The minimum atomic E-state index is 0.226. The number of nitrogens with zero attached hydrogens (tertiary/aromatic N) is 2. The van der Waals surface area contributed by atoms with E-state index in [-0.39, 0.29) is 5.92 Å². The molecule has 4 heteroatoms. The van der Waals surface area contributed by atoms with Crippen LogP contribution in [0.5, 0.6) is 0 Å². The van der Waals surface area contributed by atoms with Crippen LogP contribution in [0.3, 0.4) is 0 Å². The van der Waals surface area contributed by atoms with Crippen molar-refractivity contribution < 1.29 is 9.53 Å². The van der Waals surface area contributed by atoms with Gasteiger partial charge in [-0.25, -0.2) is 0 Å². The van der Waals surface area contributed by atoms with E-state index in [1.165, 1.54) is 17.5 Å². The zero-order chi connectivity index (χ0) is 17.2. The number of ether oxygens (including phenoxy) is 1. The maximum Gasteiger partial charge on any atom is 0.226 e. The van der Waals surface area contributed by atoms with Crippen molar-refractivity contribution in [2.24, 2.45) is 11.8 Å². The smallest absolute Gasteiger partial charge is 0.226 e. The summed E-state index contributed by atoms with van der Waals surface area (Å²) in [6.07, 6.45) is 3.45. The van der Waals surface area contributed by atoms with Crippen molar-refractivity contribution in [3.63, 3.8) is 0 Å². The molecule has 2 aliphatic heterocycles. The molecule has 0 unspecified atom stereocenters. The van der Waals surface area contributed by atoms with Crippen molar-refractivity contribution in [3.05, 3.63) is 35.4 Å². The highest BCUT2D eigenvalue weighted by atomic mass is 16.5. The van der Waals surface area contributed by atoms with Crippen LogP contribution >= 0.6 is 0 Å². The molecule has 0 spiro atoms. The van der Waals surface area contributed by atoms with Crippen LogP contribution in [-0.4, -0.2) is 61.6 Å². The minimum absolute atomic E-state index is 0.226. The highest BCUT2D eigenvalue weighted by molar-refractivity contribution is 5.83. The number of hydrogen-bond acceptors (Lipinski definition) is 3. The SMILES string of the molecule is Cc1cccc([C@@H]2C[C@H]2C(=O)N2CCC[C@@H](CN3CCOCC3)C2)c1. The highest BCUT2D eigenvalue weighted by Gasteiger charge is 2.46. The van der Waals surface area contributed by atoms with Crippen LogP contribution in [0.1, 0.15) is 36.3 Å². The lowest BCUT2D eigenvalue weighted by Gasteiger charge is -2.37. The Labute approximate surface area is 151 Å². The summed E-state index contributed by atoms with van der Waals surface area (Å²) in [5.74, 6) is 1.71. The molecule has 3 fully saturated rings. The molecule has 4 nitrogen and oxygen atoms in total. The average molecular weight is 342 g/mol. The fourth-order valence-corrected chi connectivity index (χ4v) is 4.53. The van der Waals surface area contributed by atoms with Crippen LogP contribution in [0.4, 0.5) is 0 Å². The van der Waals surface area contributed by atoms with Crippen LogP contribution in [0.25, 0.3) is 0 Å². The number of rotatable bonds is 4. The Hall–Kier alpha value is -1.39. The van der Waals surface area contributed by atoms with Gasteiger partial charge in [0.15, 0.2) is 0 Å². The molecular weight excluding hydrogens is 312 g/mol. The molecule has 1 aliphatic carbocycles. The van der Waals surface area contributed by atoms with Crippen molar-refractivity contribution in [1.82, 2.24) is 9.80 Å². The summed E-state index contributed by atoms with van der Waals surface area (Å²) in [5, 5.41) is 0. The Morgan fingerprint density at radius 1 is 1.24 bits per heavy atom. The zero-order valence-electron chi connectivity index (χ0n) is 15.3. The molecule has 0 radical (unpaired) electrons. The Morgan fingerprint density at radius 3 is 2.88 bits per heavy atom. The van der Waals surface area contributed by atoms with Crippen LogP contribution in [0.2, 0.25) is 0 Å². The standard InChI is InChI=1S/C21H30N2O2/c1-16-4-2-6-18(12-16)19-13-20(19)21(24)23-7-3-5-17(15-23)14-22-8-10-25-11-9-22/h2,4,6,12,17,19-20H,3,5,7-11,13-15H2,1H3/t17-,19-,20+/m0/s1. The Bertz CT molecular complexity index is 612. The number of carbonyl (C=O) groups is 1. The molecule has 0 N–H and O–H groups in total. The average Bonchev–Trinajstić information content (AvgIpc) is 3.43. The molecule has 2 saturated heterocycles. The van der Waals surface area contributed by atoms with Crippen molar-refractivity contribution in [2.75, 3.05) is 45.9 Å². The van der Waals surface area contributed by atoms with Gasteiger partial charge in [0, 0.05) is 38.6 Å². The van der Waals surface area contributed by atoms with Crippen LogP contribution in [0.15, 0.2) is 24.3 Å². The lowest BCUT2D eigenvalue weighted by Crippen LogP contribution is -2.46. The van der Waals surface area contributed by atoms with E-state index in [0.29, 0.717) is 17.7 Å². The molecule has 1 amide bonds. The van der Waals surface area contributed by atoms with Crippen molar-refractivity contribution in [2.45, 2.75) is 32.1 Å². The van der Waals surface area contributed by atoms with Gasteiger partial charge in [-0.3, -0.25) is 9.69 Å². The number of likely N-dealkylation sites (tertiary alicyclic amines) is 1. The number of amides is 1. The lowest BCUT2D eigenvalue weighted by atomic mass is 9.96. The van der Waals surface area contributed by atoms with Gasteiger partial charge >= 0.3 is 0 Å². The van der Waals surface area contributed by atoms with Gasteiger partial charge in [-0.05, 0) is 43.6 Å². The van der Waals surface area contributed by atoms with Gasteiger partial charge in [-0.2, -0.15) is 0 Å². The normalized spacial score (nSPS) is 30.3. The maximum atomic E-state index is 13.0. The van der Waals surface area contributed by atoms with Gasteiger partial charge in [0.05, 0.1) is 13.2 Å². The number of morpholine rings is 1. The van der Waals surface area contributed by atoms with Crippen molar-refractivity contribution >= 4 is 5.91 Å². The third-order valence-electron chi connectivity index (χ3n) is 6.03. The first-order valence-corrected chi connectivity index (χ1v) is 9.86. The molecule has 1 aromatic rings. The van der Waals surface area contributed by atoms with Gasteiger partial charge in [0.25, 0.3) is 0 Å². The molecule has 25 heavy (non-hydrogen) atoms. The van der Waals surface area contributed by atoms with Crippen LogP contribution in [0, 0.1) is 18.8 Å². The molecule has 2 heterocycles. The van der Waals surface area contributed by atoms with E-state index >= 15 is 0 Å². The molecule has 3 aliphatic rings. The number of piperidine rings is 1. The Balaban J connectivity index is 1.31. The summed E-state index contributed by atoms with van der Waals surface area (Å²) in [7, 11) is 0. The van der Waals surface area contributed by atoms with Crippen LogP contribution in [-0.2, 0) is 9.53 Å². The topological polar surface area (TPSA) is 32.8 Å². The Kier molecular flexibility index (Phi) is 5.09. The zero-order valence-corrected chi connectivity index (χ0v) is 15.3. The molecule has 136 valence electrons. The third-order valence-corrected chi connectivity index (χ3v) is 6.03. The summed E-state index contributed by atoms with van der Waals surface area (Å²) in [4.78, 5) is 17.6. The van der Waals surface area contributed by atoms with Gasteiger partial charge < -0.3 is 9.64 Å². The maximum absolute atomic E-state index is 13.0. The first-order valence-electron chi connectivity index (χ1n) is 9.86. The van der Waals surface area contributed by atoms with Crippen molar-refractivity contribution in [1.29, 1.82) is 0 Å². The van der Waals surface area contributed by atoms with Crippen LogP contribution < -0.4 is 0 Å². The lowest BCUT2D eigenvalue weighted by molar-refractivity contribution is -0.134.